The first-order valence-electron chi connectivity index (χ1n) is 9.23. The van der Waals surface area contributed by atoms with Gasteiger partial charge in [0, 0.05) is 11.6 Å². The summed E-state index contributed by atoms with van der Waals surface area (Å²) < 4.78 is 1.59. The highest BCUT2D eigenvalue weighted by Crippen LogP contribution is 2.25. The molecule has 0 saturated carbocycles. The molecule has 150 valence electrons. The van der Waals surface area contributed by atoms with Crippen molar-refractivity contribution in [3.05, 3.63) is 33.6 Å². The Morgan fingerprint density at radius 2 is 2.11 bits per heavy atom. The predicted octanol–water partition coefficient (Wildman–Crippen LogP) is 3.99. The third-order valence-corrected chi connectivity index (χ3v) is 6.08. The molecule has 0 spiro atoms. The summed E-state index contributed by atoms with van der Waals surface area (Å²) in [4.78, 5) is 30.2. The van der Waals surface area contributed by atoms with Gasteiger partial charge in [-0.3, -0.25) is 14.2 Å². The number of amides is 1. The Morgan fingerprint density at radius 1 is 1.43 bits per heavy atom. The summed E-state index contributed by atoms with van der Waals surface area (Å²) >= 11 is 7.25. The quantitative estimate of drug-likeness (QED) is 0.540. The Kier molecular flexibility index (Phi) is 7.13. The Hall–Kier alpha value is -2.04. The maximum atomic E-state index is 12.9. The molecule has 2 aromatic rings. The largest absolute Gasteiger partial charge is 0.337 e. The van der Waals surface area contributed by atoms with E-state index in [1.165, 1.54) is 11.8 Å². The van der Waals surface area contributed by atoms with Crippen molar-refractivity contribution < 1.29 is 4.79 Å². The van der Waals surface area contributed by atoms with Gasteiger partial charge in [-0.2, -0.15) is 5.26 Å². The van der Waals surface area contributed by atoms with E-state index in [-0.39, 0.29) is 17.4 Å². The zero-order chi connectivity index (χ0) is 21.1. The first kappa shape index (κ1) is 22.3. The number of hydrogen-bond donors (Lipinski definition) is 1. The van der Waals surface area contributed by atoms with Gasteiger partial charge in [-0.05, 0) is 44.4 Å². The second kappa shape index (κ2) is 8.97. The van der Waals surface area contributed by atoms with Crippen molar-refractivity contribution in [2.24, 2.45) is 5.92 Å². The minimum atomic E-state index is -0.959. The zero-order valence-corrected chi connectivity index (χ0v) is 18.3. The van der Waals surface area contributed by atoms with Crippen molar-refractivity contribution in [3.8, 4) is 6.07 Å². The van der Waals surface area contributed by atoms with Gasteiger partial charge in [0.25, 0.3) is 5.56 Å². The van der Waals surface area contributed by atoms with Crippen LogP contribution in [0, 0.1) is 17.2 Å². The van der Waals surface area contributed by atoms with E-state index in [1.807, 2.05) is 20.8 Å². The number of rotatable bonds is 7. The van der Waals surface area contributed by atoms with Crippen LogP contribution in [0.2, 0.25) is 5.02 Å². The van der Waals surface area contributed by atoms with Crippen molar-refractivity contribution in [1.82, 2.24) is 14.9 Å². The van der Waals surface area contributed by atoms with Crippen LogP contribution in [0.3, 0.4) is 0 Å². The highest BCUT2D eigenvalue weighted by Gasteiger charge is 2.32. The lowest BCUT2D eigenvalue weighted by Gasteiger charge is -2.28. The van der Waals surface area contributed by atoms with Gasteiger partial charge in [-0.25, -0.2) is 4.98 Å². The molecular formula is C20H25ClN4O2S. The lowest BCUT2D eigenvalue weighted by molar-refractivity contribution is -0.121. The Labute approximate surface area is 174 Å². The van der Waals surface area contributed by atoms with E-state index in [2.05, 4.69) is 16.4 Å². The van der Waals surface area contributed by atoms with Gasteiger partial charge in [0.05, 0.1) is 22.2 Å². The molecule has 0 fully saturated rings. The number of carbonyl (C=O) groups is 1. The molecule has 1 heterocycles. The van der Waals surface area contributed by atoms with Crippen LogP contribution in [0.15, 0.2) is 28.2 Å². The van der Waals surface area contributed by atoms with Gasteiger partial charge in [-0.15, -0.1) is 0 Å². The number of aromatic nitrogens is 2. The number of nitrogens with one attached hydrogen (secondary N) is 1. The van der Waals surface area contributed by atoms with Gasteiger partial charge < -0.3 is 5.32 Å². The van der Waals surface area contributed by atoms with Gasteiger partial charge >= 0.3 is 0 Å². The summed E-state index contributed by atoms with van der Waals surface area (Å²) in [5.41, 5.74) is -0.606. The smallest absolute Gasteiger partial charge is 0.262 e. The highest BCUT2D eigenvalue weighted by molar-refractivity contribution is 8.00. The molecule has 0 radical (unpaired) electrons. The Morgan fingerprint density at radius 3 is 2.68 bits per heavy atom. The first-order chi connectivity index (χ1) is 13.1. The molecule has 1 aromatic heterocycles. The first-order valence-corrected chi connectivity index (χ1v) is 10.5. The van der Waals surface area contributed by atoms with Crippen LogP contribution in [0.25, 0.3) is 10.9 Å². The average molecular weight is 421 g/mol. The molecule has 0 aliphatic carbocycles. The van der Waals surface area contributed by atoms with E-state index >= 15 is 0 Å². The van der Waals surface area contributed by atoms with Crippen molar-refractivity contribution in [1.29, 1.82) is 5.26 Å². The maximum absolute atomic E-state index is 12.9. The highest BCUT2D eigenvalue weighted by atomic mass is 35.5. The van der Waals surface area contributed by atoms with Crippen molar-refractivity contribution in [3.63, 3.8) is 0 Å². The van der Waals surface area contributed by atoms with Crippen LogP contribution in [-0.4, -0.2) is 26.2 Å². The number of nitriles is 1. The van der Waals surface area contributed by atoms with Crippen LogP contribution in [-0.2, 0) is 11.3 Å². The fourth-order valence-corrected chi connectivity index (χ4v) is 3.66. The summed E-state index contributed by atoms with van der Waals surface area (Å²) in [7, 11) is 0. The normalized spacial score (nSPS) is 14.5. The van der Waals surface area contributed by atoms with Crippen LogP contribution < -0.4 is 10.9 Å². The molecule has 1 N–H and O–H groups in total. The van der Waals surface area contributed by atoms with E-state index in [0.717, 1.165) is 6.42 Å². The lowest BCUT2D eigenvalue weighted by Crippen LogP contribution is -2.51. The summed E-state index contributed by atoms with van der Waals surface area (Å²) in [5, 5.41) is 13.2. The number of nitrogens with zero attached hydrogens (tertiary/aromatic N) is 3. The fourth-order valence-electron chi connectivity index (χ4n) is 2.56. The van der Waals surface area contributed by atoms with E-state index in [1.54, 1.807) is 36.6 Å². The lowest BCUT2D eigenvalue weighted by atomic mass is 9.90. The van der Waals surface area contributed by atoms with E-state index in [4.69, 9.17) is 11.6 Å². The molecule has 6 nitrogen and oxygen atoms in total. The summed E-state index contributed by atoms with van der Waals surface area (Å²) in [6, 6.07) is 7.16. The molecular weight excluding hydrogens is 396 g/mol. The molecule has 0 aliphatic rings. The van der Waals surface area contributed by atoms with Crippen LogP contribution >= 0.6 is 23.4 Å². The maximum Gasteiger partial charge on any atom is 0.262 e. The third-order valence-electron chi connectivity index (χ3n) is 4.75. The Balaban J connectivity index is 2.39. The van der Waals surface area contributed by atoms with Crippen molar-refractivity contribution in [2.45, 2.75) is 63.5 Å². The molecule has 2 atom stereocenters. The van der Waals surface area contributed by atoms with Crippen LogP contribution in [0.4, 0.5) is 0 Å². The molecule has 1 aromatic carbocycles. The van der Waals surface area contributed by atoms with Gasteiger partial charge in [0.2, 0.25) is 5.91 Å². The number of benzene rings is 1. The SMILES string of the molecule is CCCn1c(S[C@H](C)C(=O)N[C@@](C)(C#N)C(C)C)nc2cc(Cl)ccc2c1=O. The monoisotopic (exact) mass is 420 g/mol. The van der Waals surface area contributed by atoms with Gasteiger partial charge in [-0.1, -0.05) is 44.1 Å². The number of hydrogen-bond acceptors (Lipinski definition) is 5. The Bertz CT molecular complexity index is 983. The topological polar surface area (TPSA) is 87.8 Å². The van der Waals surface area contributed by atoms with Gasteiger partial charge in [0.1, 0.15) is 5.54 Å². The van der Waals surface area contributed by atoms with Crippen molar-refractivity contribution in [2.75, 3.05) is 0 Å². The molecule has 8 heteroatoms. The minimum absolute atomic E-state index is 0.0437. The van der Waals surface area contributed by atoms with Crippen LogP contribution in [0.1, 0.15) is 41.0 Å². The molecule has 0 saturated heterocycles. The number of halogens is 1. The predicted molar refractivity (Wildman–Crippen MR) is 114 cm³/mol. The van der Waals surface area contributed by atoms with E-state index in [9.17, 15) is 14.9 Å². The molecule has 0 unspecified atom stereocenters. The average Bonchev–Trinajstić information content (AvgIpc) is 2.64. The minimum Gasteiger partial charge on any atom is -0.337 e. The molecule has 0 bridgehead atoms. The second-order valence-corrected chi connectivity index (χ2v) is 8.98. The standard InChI is InChI=1S/C20H25ClN4O2S/c1-6-9-25-18(27)15-8-7-14(21)10-16(15)23-19(25)28-13(4)17(26)24-20(5,11-22)12(2)3/h7-8,10,12-13H,6,9H2,1-5H3,(H,24,26)/t13-,20+/m1/s1. The third kappa shape index (κ3) is 4.68. The summed E-state index contributed by atoms with van der Waals surface area (Å²) in [6.45, 7) is 9.69. The number of fused-ring (bicyclic) bond motifs is 1. The van der Waals surface area contributed by atoms with Crippen molar-refractivity contribution >= 4 is 40.2 Å². The second-order valence-electron chi connectivity index (χ2n) is 7.23. The van der Waals surface area contributed by atoms with Gasteiger partial charge in [0.15, 0.2) is 5.16 Å². The fraction of sp³-hybridized carbons (Fsp3) is 0.500. The summed E-state index contributed by atoms with van der Waals surface area (Å²) in [5.74, 6) is -0.316. The molecule has 28 heavy (non-hydrogen) atoms. The van der Waals surface area contributed by atoms with E-state index in [0.29, 0.717) is 27.6 Å². The van der Waals surface area contributed by atoms with Crippen LogP contribution in [0.5, 0.6) is 0 Å². The van der Waals surface area contributed by atoms with E-state index < -0.39 is 10.8 Å². The number of thioether (sulfide) groups is 1. The summed E-state index contributed by atoms with van der Waals surface area (Å²) in [6.07, 6.45) is 0.759. The molecule has 1 amide bonds. The number of carbonyl (C=O) groups excluding carboxylic acids is 1. The zero-order valence-electron chi connectivity index (χ0n) is 16.7. The molecule has 0 aliphatic heterocycles. The molecule has 2 rings (SSSR count).